The molecule has 0 aliphatic carbocycles. The summed E-state index contributed by atoms with van der Waals surface area (Å²) in [6.45, 7) is 0.274. The highest BCUT2D eigenvalue weighted by Gasteiger charge is 2.31. The van der Waals surface area contributed by atoms with Crippen molar-refractivity contribution in [2.24, 2.45) is 0 Å². The molecule has 1 aliphatic rings. The molecule has 1 fully saturated rings. The summed E-state index contributed by atoms with van der Waals surface area (Å²) in [5.41, 5.74) is 0.0735. The second kappa shape index (κ2) is 5.66. The van der Waals surface area contributed by atoms with E-state index in [1.165, 1.54) is 24.3 Å². The van der Waals surface area contributed by atoms with Gasteiger partial charge in [-0.15, -0.1) is 0 Å². The highest BCUT2D eigenvalue weighted by Crippen LogP contribution is 2.16. The van der Waals surface area contributed by atoms with Crippen molar-refractivity contribution in [3.05, 3.63) is 39.9 Å². The molecule has 1 saturated heterocycles. The van der Waals surface area contributed by atoms with Gasteiger partial charge in [-0.25, -0.2) is 4.79 Å². The van der Waals surface area contributed by atoms with Gasteiger partial charge in [0.15, 0.2) is 0 Å². The van der Waals surface area contributed by atoms with Crippen LogP contribution in [0.5, 0.6) is 0 Å². The minimum Gasteiger partial charge on any atom is -0.480 e. The number of carbonyl (C=O) groups is 2. The molecular formula is C12H12N2O6. The molecule has 1 aliphatic heterocycles. The van der Waals surface area contributed by atoms with Gasteiger partial charge in [-0.05, 0) is 12.1 Å². The summed E-state index contributed by atoms with van der Waals surface area (Å²) in [6.07, 6.45) is -0.313. The Morgan fingerprint density at radius 2 is 2.00 bits per heavy atom. The Morgan fingerprint density at radius 3 is 2.50 bits per heavy atom. The van der Waals surface area contributed by atoms with Gasteiger partial charge >= 0.3 is 11.9 Å². The zero-order valence-electron chi connectivity index (χ0n) is 10.3. The number of aliphatic carboxylic acids is 1. The minimum absolute atomic E-state index is 0.116. The van der Waals surface area contributed by atoms with Gasteiger partial charge in [-0.3, -0.25) is 14.9 Å². The van der Waals surface area contributed by atoms with Crippen LogP contribution in [0.15, 0.2) is 24.3 Å². The Hall–Kier alpha value is -2.48. The van der Waals surface area contributed by atoms with Gasteiger partial charge in [0.05, 0.1) is 10.5 Å². The molecule has 0 aromatic heterocycles. The molecule has 2 rings (SSSR count). The van der Waals surface area contributed by atoms with Crippen LogP contribution in [0.4, 0.5) is 5.69 Å². The number of nitro groups is 1. The van der Waals surface area contributed by atoms with Gasteiger partial charge in [-0.2, -0.15) is 0 Å². The predicted octanol–water partition coefficient (Wildman–Crippen LogP) is 0.567. The predicted molar refractivity (Wildman–Crippen MR) is 66.3 cm³/mol. The van der Waals surface area contributed by atoms with Crippen LogP contribution in [0, 0.1) is 10.1 Å². The van der Waals surface area contributed by atoms with Crippen LogP contribution >= 0.6 is 0 Å². The molecule has 2 atom stereocenters. The Morgan fingerprint density at radius 1 is 1.35 bits per heavy atom. The number of esters is 1. The number of rotatable bonds is 4. The zero-order valence-corrected chi connectivity index (χ0v) is 10.3. The summed E-state index contributed by atoms with van der Waals surface area (Å²) in [4.78, 5) is 32.5. The molecule has 0 radical (unpaired) electrons. The van der Waals surface area contributed by atoms with Gasteiger partial charge in [0.2, 0.25) is 0 Å². The maximum atomic E-state index is 11.8. The number of nitrogens with one attached hydrogen (secondary N) is 1. The van der Waals surface area contributed by atoms with E-state index < -0.39 is 29.0 Å². The number of carbonyl (C=O) groups excluding carboxylic acids is 1. The summed E-state index contributed by atoms with van der Waals surface area (Å²) in [6, 6.07) is 4.31. The van der Waals surface area contributed by atoms with Crippen molar-refractivity contribution >= 4 is 17.6 Å². The van der Waals surface area contributed by atoms with Crippen LogP contribution in [0.25, 0.3) is 0 Å². The second-order valence-corrected chi connectivity index (χ2v) is 4.37. The average molecular weight is 280 g/mol. The number of nitro benzene ring substituents is 1. The van der Waals surface area contributed by atoms with E-state index in [1.54, 1.807) is 0 Å². The molecule has 8 heteroatoms. The summed E-state index contributed by atoms with van der Waals surface area (Å²) in [5.74, 6) is -1.61. The first-order valence-electron chi connectivity index (χ1n) is 5.89. The Bertz CT molecular complexity index is 541. The van der Waals surface area contributed by atoms with Gasteiger partial charge in [-0.1, -0.05) is 0 Å². The first-order chi connectivity index (χ1) is 9.47. The minimum atomic E-state index is -0.987. The highest BCUT2D eigenvalue weighted by molar-refractivity contribution is 5.89. The van der Waals surface area contributed by atoms with Crippen molar-refractivity contribution in [1.82, 2.24) is 5.32 Å². The van der Waals surface area contributed by atoms with E-state index in [0.717, 1.165) is 0 Å². The lowest BCUT2D eigenvalue weighted by Crippen LogP contribution is -2.30. The first-order valence-corrected chi connectivity index (χ1v) is 5.89. The van der Waals surface area contributed by atoms with Crippen LogP contribution < -0.4 is 5.32 Å². The van der Waals surface area contributed by atoms with Crippen LogP contribution in [-0.4, -0.2) is 40.7 Å². The molecule has 106 valence electrons. The molecule has 0 unspecified atom stereocenters. The number of non-ortho nitro benzene ring substituents is 1. The first kappa shape index (κ1) is 13.9. The van der Waals surface area contributed by atoms with E-state index in [2.05, 4.69) is 5.32 Å². The lowest BCUT2D eigenvalue weighted by molar-refractivity contribution is -0.384. The maximum Gasteiger partial charge on any atom is 0.338 e. The second-order valence-electron chi connectivity index (χ2n) is 4.37. The summed E-state index contributed by atoms with van der Waals surface area (Å²) < 4.78 is 5.14. The van der Waals surface area contributed by atoms with Gasteiger partial charge in [0.25, 0.3) is 5.69 Å². The lowest BCUT2D eigenvalue weighted by Gasteiger charge is -2.10. The van der Waals surface area contributed by atoms with E-state index in [-0.39, 0.29) is 24.2 Å². The number of carboxylic acid groups (broad SMARTS) is 1. The van der Waals surface area contributed by atoms with E-state index >= 15 is 0 Å². The van der Waals surface area contributed by atoms with Crippen molar-refractivity contribution < 1.29 is 24.4 Å². The van der Waals surface area contributed by atoms with Crippen molar-refractivity contribution in [2.45, 2.75) is 18.6 Å². The standard InChI is InChI=1S/C12H12N2O6/c15-11(16)10-5-9(6-13-10)20-12(17)7-1-3-8(4-2-7)14(18)19/h1-4,9-10,13H,5-6H2,(H,15,16)/t9-,10+/m1/s1. The van der Waals surface area contributed by atoms with Crippen LogP contribution in [0.2, 0.25) is 0 Å². The SMILES string of the molecule is O=C(O[C@H]1CN[C@H](C(=O)O)C1)c1ccc([N+](=O)[O-])cc1. The molecule has 0 spiro atoms. The van der Waals surface area contributed by atoms with E-state index in [4.69, 9.17) is 9.84 Å². The molecule has 20 heavy (non-hydrogen) atoms. The van der Waals surface area contributed by atoms with Crippen LogP contribution in [0.1, 0.15) is 16.8 Å². The fourth-order valence-electron chi connectivity index (χ4n) is 1.92. The molecule has 1 aromatic rings. The van der Waals surface area contributed by atoms with Crippen molar-refractivity contribution in [2.75, 3.05) is 6.54 Å². The third-order valence-electron chi connectivity index (χ3n) is 2.98. The van der Waals surface area contributed by atoms with E-state index in [9.17, 15) is 19.7 Å². The van der Waals surface area contributed by atoms with Crippen molar-refractivity contribution in [1.29, 1.82) is 0 Å². The van der Waals surface area contributed by atoms with Gasteiger partial charge in [0, 0.05) is 25.1 Å². The molecule has 0 amide bonds. The zero-order chi connectivity index (χ0) is 14.7. The summed E-state index contributed by atoms with van der Waals surface area (Å²) in [5, 5.41) is 22.0. The average Bonchev–Trinajstić information content (AvgIpc) is 2.87. The Kier molecular flexibility index (Phi) is 3.94. The molecule has 0 bridgehead atoms. The van der Waals surface area contributed by atoms with Crippen molar-refractivity contribution in [3.63, 3.8) is 0 Å². The largest absolute Gasteiger partial charge is 0.480 e. The van der Waals surface area contributed by atoms with Crippen LogP contribution in [-0.2, 0) is 9.53 Å². The van der Waals surface area contributed by atoms with Gasteiger partial charge < -0.3 is 15.2 Å². The summed E-state index contributed by atoms with van der Waals surface area (Å²) >= 11 is 0. The Labute approximate surface area is 113 Å². The molecule has 1 heterocycles. The van der Waals surface area contributed by atoms with E-state index in [1.807, 2.05) is 0 Å². The Balaban J connectivity index is 1.95. The molecule has 2 N–H and O–H groups in total. The monoisotopic (exact) mass is 280 g/mol. The fraction of sp³-hybridized carbons (Fsp3) is 0.333. The number of ether oxygens (including phenoxy) is 1. The number of nitrogens with zero attached hydrogens (tertiary/aromatic N) is 1. The third-order valence-corrected chi connectivity index (χ3v) is 2.98. The normalized spacial score (nSPS) is 21.4. The van der Waals surface area contributed by atoms with Crippen LogP contribution in [0.3, 0.4) is 0 Å². The number of benzene rings is 1. The molecule has 1 aromatic carbocycles. The fourth-order valence-corrected chi connectivity index (χ4v) is 1.92. The molecule has 8 nitrogen and oxygen atoms in total. The number of hydrogen-bond acceptors (Lipinski definition) is 6. The number of carboxylic acids is 1. The quantitative estimate of drug-likeness (QED) is 0.470. The topological polar surface area (TPSA) is 119 Å². The maximum absolute atomic E-state index is 11.8. The molecule has 0 saturated carbocycles. The smallest absolute Gasteiger partial charge is 0.338 e. The third kappa shape index (κ3) is 3.09. The lowest BCUT2D eigenvalue weighted by atomic mass is 10.2. The highest BCUT2D eigenvalue weighted by atomic mass is 16.6. The summed E-state index contributed by atoms with van der Waals surface area (Å²) in [7, 11) is 0. The molecular weight excluding hydrogens is 268 g/mol. The number of hydrogen-bond donors (Lipinski definition) is 2. The van der Waals surface area contributed by atoms with Crippen molar-refractivity contribution in [3.8, 4) is 0 Å². The van der Waals surface area contributed by atoms with E-state index in [0.29, 0.717) is 0 Å². The van der Waals surface area contributed by atoms with Gasteiger partial charge in [0.1, 0.15) is 12.1 Å².